The Morgan fingerprint density at radius 1 is 1.26 bits per heavy atom. The summed E-state index contributed by atoms with van der Waals surface area (Å²) in [6, 6.07) is 4.31. The second-order valence-electron chi connectivity index (χ2n) is 11.0. The highest BCUT2D eigenvalue weighted by Gasteiger charge is 2.36. The summed E-state index contributed by atoms with van der Waals surface area (Å²) >= 11 is 1.71. The molecule has 3 rings (SSSR count). The molecule has 2 aromatic heterocycles. The molecule has 0 bridgehead atoms. The van der Waals surface area contributed by atoms with E-state index in [4.69, 9.17) is 14.5 Å². The lowest BCUT2D eigenvalue weighted by molar-refractivity contribution is -0.166. The number of ether oxygens (including phenoxy) is 2. The second kappa shape index (κ2) is 10.7. The zero-order chi connectivity index (χ0) is 25.1. The zero-order valence-corrected chi connectivity index (χ0v) is 23.0. The first kappa shape index (κ1) is 26.6. The Bertz CT molecular complexity index is 1040. The summed E-state index contributed by atoms with van der Waals surface area (Å²) in [6.07, 6.45) is 8.73. The fourth-order valence-electron chi connectivity index (χ4n) is 4.52. The second-order valence-corrected chi connectivity index (χ2v) is 12.3. The first-order valence-electron chi connectivity index (χ1n) is 12.6. The van der Waals surface area contributed by atoms with Gasteiger partial charge in [0, 0.05) is 22.2 Å². The maximum absolute atomic E-state index is 13.2. The van der Waals surface area contributed by atoms with Crippen LogP contribution >= 0.6 is 11.3 Å². The Morgan fingerprint density at radius 3 is 2.59 bits per heavy atom. The molecule has 1 unspecified atom stereocenters. The van der Waals surface area contributed by atoms with Crippen molar-refractivity contribution >= 4 is 22.9 Å². The number of thiophene rings is 1. The van der Waals surface area contributed by atoms with Crippen LogP contribution in [-0.4, -0.2) is 23.2 Å². The number of esters is 1. The molecule has 1 atom stereocenters. The van der Waals surface area contributed by atoms with Gasteiger partial charge >= 0.3 is 5.97 Å². The molecule has 0 amide bonds. The van der Waals surface area contributed by atoms with Crippen LogP contribution in [0.5, 0.6) is 0 Å². The van der Waals surface area contributed by atoms with E-state index in [1.54, 1.807) is 11.3 Å². The number of pyridine rings is 1. The molecule has 2 aromatic rings. The van der Waals surface area contributed by atoms with E-state index in [0.717, 1.165) is 58.7 Å². The van der Waals surface area contributed by atoms with E-state index in [1.807, 2.05) is 33.9 Å². The molecule has 0 aromatic carbocycles. The lowest BCUT2D eigenvalue weighted by Gasteiger charge is -2.31. The number of carbonyl (C=O) groups is 1. The average Bonchev–Trinajstić information content (AvgIpc) is 3.09. The van der Waals surface area contributed by atoms with E-state index < -0.39 is 11.7 Å². The molecule has 0 spiro atoms. The zero-order valence-electron chi connectivity index (χ0n) is 22.2. The highest BCUT2D eigenvalue weighted by Crippen LogP contribution is 2.48. The van der Waals surface area contributed by atoms with Gasteiger partial charge in [-0.15, -0.1) is 11.3 Å². The largest absolute Gasteiger partial charge is 0.464 e. The number of nitrogens with zero attached hydrogens (tertiary/aromatic N) is 1. The van der Waals surface area contributed by atoms with Gasteiger partial charge in [0.1, 0.15) is 0 Å². The van der Waals surface area contributed by atoms with E-state index in [1.165, 1.54) is 11.1 Å². The van der Waals surface area contributed by atoms with Crippen molar-refractivity contribution in [3.63, 3.8) is 0 Å². The minimum Gasteiger partial charge on any atom is -0.464 e. The fourth-order valence-corrected chi connectivity index (χ4v) is 5.70. The number of hydrogen-bond acceptors (Lipinski definition) is 5. The summed E-state index contributed by atoms with van der Waals surface area (Å²) in [4.78, 5) is 20.2. The fraction of sp³-hybridized carbons (Fsp3) is 0.586. The van der Waals surface area contributed by atoms with Crippen molar-refractivity contribution in [1.82, 2.24) is 4.98 Å². The van der Waals surface area contributed by atoms with Gasteiger partial charge in [-0.25, -0.2) is 4.79 Å². The summed E-state index contributed by atoms with van der Waals surface area (Å²) < 4.78 is 11.9. The Labute approximate surface area is 209 Å². The van der Waals surface area contributed by atoms with Crippen LogP contribution in [0.4, 0.5) is 0 Å². The molecule has 0 fully saturated rings. The van der Waals surface area contributed by atoms with Crippen LogP contribution in [0.2, 0.25) is 0 Å². The molecule has 5 heteroatoms. The molecule has 186 valence electrons. The molecule has 0 aliphatic heterocycles. The molecule has 0 saturated heterocycles. The number of rotatable bonds is 8. The molecule has 4 nitrogen and oxygen atoms in total. The van der Waals surface area contributed by atoms with Gasteiger partial charge < -0.3 is 9.47 Å². The number of aromatic nitrogens is 1. The van der Waals surface area contributed by atoms with Gasteiger partial charge in [0.05, 0.1) is 22.8 Å². The SMILES string of the molecule is CCCc1ccnc(-c2sc(C)c(C(OC(C)(C)C)C(=O)OCC)c2C2=CCC(C)(C)CC2)c1. The normalized spacial score (nSPS) is 16.8. The Balaban J connectivity index is 2.24. The van der Waals surface area contributed by atoms with Gasteiger partial charge in [-0.05, 0) is 89.0 Å². The van der Waals surface area contributed by atoms with E-state index >= 15 is 0 Å². The average molecular weight is 484 g/mol. The van der Waals surface area contributed by atoms with Crippen LogP contribution in [0.25, 0.3) is 16.1 Å². The quantitative estimate of drug-likeness (QED) is 0.356. The van der Waals surface area contributed by atoms with E-state index in [9.17, 15) is 4.79 Å². The summed E-state index contributed by atoms with van der Waals surface area (Å²) in [5.41, 5.74) is 5.43. The first-order chi connectivity index (χ1) is 16.0. The van der Waals surface area contributed by atoms with Crippen LogP contribution in [0.3, 0.4) is 0 Å². The van der Waals surface area contributed by atoms with Crippen molar-refractivity contribution in [1.29, 1.82) is 0 Å². The highest BCUT2D eigenvalue weighted by atomic mass is 32.1. The van der Waals surface area contributed by atoms with Crippen molar-refractivity contribution in [2.24, 2.45) is 5.41 Å². The van der Waals surface area contributed by atoms with Crippen molar-refractivity contribution in [2.75, 3.05) is 6.61 Å². The third kappa shape index (κ3) is 6.37. The van der Waals surface area contributed by atoms with Crippen LogP contribution in [0.1, 0.15) is 102 Å². The van der Waals surface area contributed by atoms with Gasteiger partial charge in [-0.1, -0.05) is 33.3 Å². The Kier molecular flexibility index (Phi) is 8.41. The van der Waals surface area contributed by atoms with Crippen molar-refractivity contribution in [3.8, 4) is 10.6 Å². The molecular formula is C29H41NO3S. The Hall–Kier alpha value is -1.98. The first-order valence-corrected chi connectivity index (χ1v) is 13.4. The predicted molar refractivity (Wildman–Crippen MR) is 142 cm³/mol. The van der Waals surface area contributed by atoms with E-state index in [0.29, 0.717) is 6.61 Å². The molecule has 1 aliphatic rings. The topological polar surface area (TPSA) is 48.4 Å². The summed E-state index contributed by atoms with van der Waals surface area (Å²) in [5, 5.41) is 0. The van der Waals surface area contributed by atoms with Crippen LogP contribution in [0.15, 0.2) is 24.4 Å². The maximum Gasteiger partial charge on any atom is 0.340 e. The number of aryl methyl sites for hydroxylation is 2. The van der Waals surface area contributed by atoms with Crippen molar-refractivity contribution in [2.45, 2.75) is 99.2 Å². The van der Waals surface area contributed by atoms with Gasteiger partial charge in [-0.2, -0.15) is 0 Å². The Morgan fingerprint density at radius 2 is 2.00 bits per heavy atom. The monoisotopic (exact) mass is 483 g/mol. The molecule has 0 radical (unpaired) electrons. The number of carbonyl (C=O) groups excluding carboxylic acids is 1. The standard InChI is InChI=1S/C29H41NO3S/c1-9-11-20-14-17-30-22(18-20)26-24(21-12-15-29(7,8)16-13-21)23(19(3)34-26)25(27(31)32-10-2)33-28(4,5)6/h12,14,17-18,25H,9-11,13,15-16H2,1-8H3. The van der Waals surface area contributed by atoms with Crippen molar-refractivity contribution < 1.29 is 14.3 Å². The van der Waals surface area contributed by atoms with Gasteiger partial charge in [-0.3, -0.25) is 4.98 Å². The van der Waals surface area contributed by atoms with E-state index in [-0.39, 0.29) is 11.4 Å². The summed E-state index contributed by atoms with van der Waals surface area (Å²) in [5.74, 6) is -0.324. The van der Waals surface area contributed by atoms with Gasteiger partial charge in [0.2, 0.25) is 0 Å². The molecule has 2 heterocycles. The predicted octanol–water partition coefficient (Wildman–Crippen LogP) is 8.08. The number of allylic oxidation sites excluding steroid dienone is 2. The molecule has 0 saturated carbocycles. The lowest BCUT2D eigenvalue weighted by Crippen LogP contribution is -2.29. The smallest absolute Gasteiger partial charge is 0.340 e. The van der Waals surface area contributed by atoms with Gasteiger partial charge in [0.15, 0.2) is 6.10 Å². The van der Waals surface area contributed by atoms with E-state index in [2.05, 4.69) is 45.9 Å². The van der Waals surface area contributed by atoms with Crippen molar-refractivity contribution in [3.05, 3.63) is 46.0 Å². The van der Waals surface area contributed by atoms with Crippen LogP contribution in [-0.2, 0) is 20.7 Å². The van der Waals surface area contributed by atoms with Crippen LogP contribution in [0, 0.1) is 12.3 Å². The molecule has 1 aliphatic carbocycles. The third-order valence-corrected chi connectivity index (χ3v) is 7.40. The highest BCUT2D eigenvalue weighted by molar-refractivity contribution is 7.16. The molecular weight excluding hydrogens is 442 g/mol. The summed E-state index contributed by atoms with van der Waals surface area (Å²) in [6.45, 7) is 17.1. The number of hydrogen-bond donors (Lipinski definition) is 0. The van der Waals surface area contributed by atoms with Gasteiger partial charge in [0.25, 0.3) is 0 Å². The summed E-state index contributed by atoms with van der Waals surface area (Å²) in [7, 11) is 0. The van der Waals surface area contributed by atoms with Crippen LogP contribution < -0.4 is 0 Å². The minimum atomic E-state index is -0.769. The molecule has 0 N–H and O–H groups in total. The minimum absolute atomic E-state index is 0.288. The lowest BCUT2D eigenvalue weighted by atomic mass is 9.76. The molecule has 34 heavy (non-hydrogen) atoms. The maximum atomic E-state index is 13.2. The third-order valence-electron chi connectivity index (χ3n) is 6.25.